The van der Waals surface area contributed by atoms with Crippen LogP contribution < -0.4 is 4.90 Å². The Morgan fingerprint density at radius 3 is 2.55 bits per heavy atom. The summed E-state index contributed by atoms with van der Waals surface area (Å²) in [7, 11) is 0. The van der Waals surface area contributed by atoms with Crippen LogP contribution in [0.3, 0.4) is 0 Å². The smallest absolute Gasteiger partial charge is 0.238 e. The summed E-state index contributed by atoms with van der Waals surface area (Å²) in [4.78, 5) is 26.7. The van der Waals surface area contributed by atoms with Crippen molar-refractivity contribution in [2.24, 2.45) is 17.8 Å². The van der Waals surface area contributed by atoms with E-state index in [2.05, 4.69) is 6.08 Å². The van der Waals surface area contributed by atoms with Crippen molar-refractivity contribution >= 4 is 17.5 Å². The minimum Gasteiger partial charge on any atom is -0.274 e. The van der Waals surface area contributed by atoms with Crippen LogP contribution in [0.4, 0.5) is 5.69 Å². The Kier molecular flexibility index (Phi) is 3.00. The number of rotatable bonds is 1. The SMILES string of the molecule is Cc1ccc(N2C(=O)[C@@H]3[C@H](CC=C[C@@H]3C)C2=O)c(C)c1. The molecular weight excluding hydrogens is 250 g/mol. The number of hydrogen-bond acceptors (Lipinski definition) is 2. The molecule has 0 N–H and O–H groups in total. The van der Waals surface area contributed by atoms with E-state index in [1.54, 1.807) is 0 Å². The van der Waals surface area contributed by atoms with Crippen molar-refractivity contribution in [2.45, 2.75) is 27.2 Å². The number of fused-ring (bicyclic) bond motifs is 1. The fraction of sp³-hybridized carbons (Fsp3) is 0.412. The summed E-state index contributed by atoms with van der Waals surface area (Å²) in [5, 5.41) is 0. The van der Waals surface area contributed by atoms with Gasteiger partial charge in [0.1, 0.15) is 0 Å². The van der Waals surface area contributed by atoms with E-state index in [0.29, 0.717) is 6.42 Å². The molecule has 3 atom stereocenters. The number of amides is 2. The average molecular weight is 269 g/mol. The molecule has 1 aliphatic heterocycles. The van der Waals surface area contributed by atoms with Gasteiger partial charge in [-0.15, -0.1) is 0 Å². The average Bonchev–Trinajstić information content (AvgIpc) is 2.64. The number of hydrogen-bond donors (Lipinski definition) is 0. The van der Waals surface area contributed by atoms with Gasteiger partial charge in [0.25, 0.3) is 0 Å². The molecule has 1 heterocycles. The van der Waals surface area contributed by atoms with Crippen LogP contribution in [0, 0.1) is 31.6 Å². The minimum atomic E-state index is -0.187. The van der Waals surface area contributed by atoms with E-state index in [0.717, 1.165) is 16.8 Å². The van der Waals surface area contributed by atoms with Crippen LogP contribution in [0.1, 0.15) is 24.5 Å². The van der Waals surface area contributed by atoms with Crippen molar-refractivity contribution in [2.75, 3.05) is 4.90 Å². The number of aryl methyl sites for hydroxylation is 2. The lowest BCUT2D eigenvalue weighted by molar-refractivity contribution is -0.122. The highest BCUT2D eigenvalue weighted by Gasteiger charge is 2.50. The molecule has 0 saturated carbocycles. The molecule has 104 valence electrons. The van der Waals surface area contributed by atoms with Crippen LogP contribution >= 0.6 is 0 Å². The Morgan fingerprint density at radius 1 is 1.15 bits per heavy atom. The first-order chi connectivity index (χ1) is 9.50. The summed E-state index contributed by atoms with van der Waals surface area (Å²) >= 11 is 0. The van der Waals surface area contributed by atoms with E-state index in [1.165, 1.54) is 4.90 Å². The Balaban J connectivity index is 2.03. The first-order valence-corrected chi connectivity index (χ1v) is 7.12. The molecule has 1 aliphatic carbocycles. The highest BCUT2D eigenvalue weighted by molar-refractivity contribution is 6.22. The van der Waals surface area contributed by atoms with Gasteiger partial charge in [0, 0.05) is 0 Å². The fourth-order valence-electron chi connectivity index (χ4n) is 3.44. The molecule has 0 unspecified atom stereocenters. The number of nitrogens with zero attached hydrogens (tertiary/aromatic N) is 1. The molecule has 2 amide bonds. The number of carbonyl (C=O) groups is 2. The van der Waals surface area contributed by atoms with Gasteiger partial charge in [-0.3, -0.25) is 9.59 Å². The predicted molar refractivity (Wildman–Crippen MR) is 78.3 cm³/mol. The van der Waals surface area contributed by atoms with Crippen LogP contribution in [0.2, 0.25) is 0 Å². The third-order valence-electron chi connectivity index (χ3n) is 4.47. The highest BCUT2D eigenvalue weighted by atomic mass is 16.2. The Hall–Kier alpha value is -1.90. The normalized spacial score (nSPS) is 28.9. The first kappa shape index (κ1) is 13.1. The van der Waals surface area contributed by atoms with E-state index >= 15 is 0 Å². The number of benzene rings is 1. The van der Waals surface area contributed by atoms with E-state index < -0.39 is 0 Å². The largest absolute Gasteiger partial charge is 0.274 e. The maximum atomic E-state index is 12.7. The lowest BCUT2D eigenvalue weighted by atomic mass is 9.78. The van der Waals surface area contributed by atoms with E-state index in [1.807, 2.05) is 45.0 Å². The Bertz CT molecular complexity index is 617. The molecule has 1 aromatic rings. The number of anilines is 1. The molecule has 1 aromatic carbocycles. The van der Waals surface area contributed by atoms with Gasteiger partial charge >= 0.3 is 0 Å². The zero-order valence-electron chi connectivity index (χ0n) is 12.1. The quantitative estimate of drug-likeness (QED) is 0.580. The first-order valence-electron chi connectivity index (χ1n) is 7.12. The number of carbonyl (C=O) groups excluding carboxylic acids is 2. The molecule has 3 heteroatoms. The van der Waals surface area contributed by atoms with Crippen molar-refractivity contribution in [3.63, 3.8) is 0 Å². The Morgan fingerprint density at radius 2 is 1.90 bits per heavy atom. The molecule has 1 saturated heterocycles. The van der Waals surface area contributed by atoms with Crippen LogP contribution in [0.15, 0.2) is 30.4 Å². The lowest BCUT2D eigenvalue weighted by Gasteiger charge is -2.22. The molecule has 3 nitrogen and oxygen atoms in total. The fourth-order valence-corrected chi connectivity index (χ4v) is 3.44. The summed E-state index contributed by atoms with van der Waals surface area (Å²) in [5.74, 6) is -0.302. The van der Waals surface area contributed by atoms with Gasteiger partial charge in [0.05, 0.1) is 17.5 Å². The van der Waals surface area contributed by atoms with Crippen molar-refractivity contribution in [3.05, 3.63) is 41.5 Å². The predicted octanol–water partition coefficient (Wildman–Crippen LogP) is 3.01. The van der Waals surface area contributed by atoms with Crippen molar-refractivity contribution in [1.29, 1.82) is 0 Å². The molecular formula is C17H19NO2. The second kappa shape index (κ2) is 4.58. The van der Waals surface area contributed by atoms with Gasteiger partial charge in [0.2, 0.25) is 11.8 Å². The van der Waals surface area contributed by atoms with Crippen LogP contribution in [-0.2, 0) is 9.59 Å². The van der Waals surface area contributed by atoms with Crippen molar-refractivity contribution < 1.29 is 9.59 Å². The number of allylic oxidation sites excluding steroid dienone is 2. The monoisotopic (exact) mass is 269 g/mol. The Labute approximate surface area is 119 Å². The zero-order valence-corrected chi connectivity index (χ0v) is 12.1. The highest BCUT2D eigenvalue weighted by Crippen LogP contribution is 2.41. The van der Waals surface area contributed by atoms with Crippen LogP contribution in [0.5, 0.6) is 0 Å². The van der Waals surface area contributed by atoms with Gasteiger partial charge in [-0.1, -0.05) is 36.8 Å². The van der Waals surface area contributed by atoms with E-state index in [4.69, 9.17) is 0 Å². The molecule has 0 aromatic heterocycles. The van der Waals surface area contributed by atoms with Crippen LogP contribution in [0.25, 0.3) is 0 Å². The van der Waals surface area contributed by atoms with Gasteiger partial charge < -0.3 is 0 Å². The van der Waals surface area contributed by atoms with Crippen molar-refractivity contribution in [1.82, 2.24) is 0 Å². The molecule has 0 bridgehead atoms. The molecule has 2 aliphatic rings. The summed E-state index contributed by atoms with van der Waals surface area (Å²) in [6.45, 7) is 5.98. The molecule has 20 heavy (non-hydrogen) atoms. The van der Waals surface area contributed by atoms with Gasteiger partial charge in [-0.05, 0) is 37.8 Å². The maximum absolute atomic E-state index is 12.7. The van der Waals surface area contributed by atoms with E-state index in [9.17, 15) is 9.59 Å². The lowest BCUT2D eigenvalue weighted by Crippen LogP contribution is -2.32. The molecule has 0 radical (unpaired) electrons. The minimum absolute atomic E-state index is 0.0381. The summed E-state index contributed by atoms with van der Waals surface area (Å²) in [6.07, 6.45) is 4.77. The summed E-state index contributed by atoms with van der Waals surface area (Å²) < 4.78 is 0. The third-order valence-corrected chi connectivity index (χ3v) is 4.47. The van der Waals surface area contributed by atoms with Gasteiger partial charge in [-0.2, -0.15) is 0 Å². The third kappa shape index (κ3) is 1.80. The standard InChI is InChI=1S/C17H19NO2/c1-10-7-8-14(12(3)9-10)18-16(19)13-6-4-5-11(2)15(13)17(18)20/h4-5,7-9,11,13,15H,6H2,1-3H3/t11-,13-,15-/m0/s1. The second-order valence-corrected chi connectivity index (χ2v) is 5.96. The van der Waals surface area contributed by atoms with Gasteiger partial charge in [0.15, 0.2) is 0 Å². The van der Waals surface area contributed by atoms with Gasteiger partial charge in [-0.25, -0.2) is 4.90 Å². The summed E-state index contributed by atoms with van der Waals surface area (Å²) in [6, 6.07) is 5.85. The summed E-state index contributed by atoms with van der Waals surface area (Å²) in [5.41, 5.74) is 2.86. The molecule has 1 fully saturated rings. The number of imide groups is 1. The van der Waals surface area contributed by atoms with E-state index in [-0.39, 0.29) is 29.6 Å². The zero-order chi connectivity index (χ0) is 14.4. The van der Waals surface area contributed by atoms with Crippen molar-refractivity contribution in [3.8, 4) is 0 Å². The molecule has 0 spiro atoms. The second-order valence-electron chi connectivity index (χ2n) is 5.96. The maximum Gasteiger partial charge on any atom is 0.238 e. The molecule has 3 rings (SSSR count). The topological polar surface area (TPSA) is 37.4 Å². The van der Waals surface area contributed by atoms with Crippen LogP contribution in [-0.4, -0.2) is 11.8 Å².